The minimum absolute atomic E-state index is 0.186. The third kappa shape index (κ3) is 3.59. The molecule has 0 unspecified atom stereocenters. The lowest BCUT2D eigenvalue weighted by Crippen LogP contribution is -2.05. The van der Waals surface area contributed by atoms with E-state index >= 15 is 0 Å². The zero-order valence-electron chi connectivity index (χ0n) is 10.4. The fourth-order valence-corrected chi connectivity index (χ4v) is 1.37. The summed E-state index contributed by atoms with van der Waals surface area (Å²) in [5.74, 6) is -0.941. The van der Waals surface area contributed by atoms with Crippen LogP contribution >= 0.6 is 0 Å². The second kappa shape index (κ2) is 6.03. The van der Waals surface area contributed by atoms with Crippen LogP contribution in [0.1, 0.15) is 41.8 Å². The van der Waals surface area contributed by atoms with Gasteiger partial charge in [0.05, 0.1) is 11.3 Å². The summed E-state index contributed by atoms with van der Waals surface area (Å²) in [6, 6.07) is 5.16. The maximum Gasteiger partial charge on any atom is 0.336 e. The van der Waals surface area contributed by atoms with E-state index in [1.807, 2.05) is 26.8 Å². The van der Waals surface area contributed by atoms with Gasteiger partial charge in [0.25, 0.3) is 0 Å². The fraction of sp³-hybridized carbons (Fsp3) is 0.385. The monoisotopic (exact) mass is 235 g/mol. The van der Waals surface area contributed by atoms with Crippen LogP contribution in [0, 0.1) is 6.92 Å². The zero-order chi connectivity index (χ0) is 12.8. The van der Waals surface area contributed by atoms with Crippen molar-refractivity contribution in [2.24, 2.45) is 5.16 Å². The van der Waals surface area contributed by atoms with Gasteiger partial charge in [0.15, 0.2) is 0 Å². The number of aromatic carboxylic acids is 1. The molecule has 0 spiro atoms. The van der Waals surface area contributed by atoms with Gasteiger partial charge in [-0.25, -0.2) is 4.79 Å². The van der Waals surface area contributed by atoms with Crippen molar-refractivity contribution in [1.82, 2.24) is 0 Å². The number of rotatable bonds is 5. The maximum absolute atomic E-state index is 11.0. The SMILES string of the molecule is CCC(C)=NOCc1c(C)cccc1C(=O)O. The molecule has 0 saturated carbocycles. The number of nitrogens with zero attached hydrogens (tertiary/aromatic N) is 1. The third-order valence-electron chi connectivity index (χ3n) is 2.58. The average Bonchev–Trinajstić information content (AvgIpc) is 2.30. The highest BCUT2D eigenvalue weighted by Gasteiger charge is 2.12. The van der Waals surface area contributed by atoms with E-state index in [1.165, 1.54) is 0 Å². The van der Waals surface area contributed by atoms with Crippen molar-refractivity contribution >= 4 is 11.7 Å². The van der Waals surface area contributed by atoms with Gasteiger partial charge < -0.3 is 9.94 Å². The molecule has 4 heteroatoms. The first-order valence-corrected chi connectivity index (χ1v) is 5.53. The Morgan fingerprint density at radius 2 is 2.18 bits per heavy atom. The lowest BCUT2D eigenvalue weighted by Gasteiger charge is -2.08. The molecule has 0 aliphatic rings. The van der Waals surface area contributed by atoms with Crippen LogP contribution in [0.15, 0.2) is 23.4 Å². The minimum atomic E-state index is -0.941. The number of oxime groups is 1. The van der Waals surface area contributed by atoms with Crippen molar-refractivity contribution in [3.63, 3.8) is 0 Å². The molecule has 0 aromatic heterocycles. The highest BCUT2D eigenvalue weighted by molar-refractivity contribution is 5.89. The van der Waals surface area contributed by atoms with Gasteiger partial charge in [0, 0.05) is 5.56 Å². The molecule has 0 aliphatic carbocycles. The molecule has 0 bridgehead atoms. The lowest BCUT2D eigenvalue weighted by molar-refractivity contribution is 0.0688. The van der Waals surface area contributed by atoms with Crippen molar-refractivity contribution in [3.8, 4) is 0 Å². The number of carbonyl (C=O) groups is 1. The summed E-state index contributed by atoms with van der Waals surface area (Å²) in [5.41, 5.74) is 2.73. The molecule has 0 atom stereocenters. The number of aryl methyl sites for hydroxylation is 1. The zero-order valence-corrected chi connectivity index (χ0v) is 10.4. The Kier molecular flexibility index (Phi) is 4.69. The van der Waals surface area contributed by atoms with Gasteiger partial charge in [-0.05, 0) is 31.9 Å². The molecule has 0 saturated heterocycles. The topological polar surface area (TPSA) is 58.9 Å². The summed E-state index contributed by atoms with van der Waals surface area (Å²) in [6.45, 7) is 5.90. The first-order chi connectivity index (χ1) is 8.06. The Morgan fingerprint density at radius 1 is 1.47 bits per heavy atom. The molecule has 1 rings (SSSR count). The molecule has 92 valence electrons. The van der Waals surface area contributed by atoms with Crippen molar-refractivity contribution in [1.29, 1.82) is 0 Å². The predicted octanol–water partition coefficient (Wildman–Crippen LogP) is 3.00. The number of carboxylic acid groups (broad SMARTS) is 1. The van der Waals surface area contributed by atoms with E-state index < -0.39 is 5.97 Å². The summed E-state index contributed by atoms with van der Waals surface area (Å²) in [4.78, 5) is 16.2. The van der Waals surface area contributed by atoms with Crippen LogP contribution in [0.2, 0.25) is 0 Å². The normalized spacial score (nSPS) is 11.4. The molecule has 0 fully saturated rings. The molecule has 1 aromatic carbocycles. The molecule has 0 heterocycles. The van der Waals surface area contributed by atoms with Crippen LogP contribution in [-0.2, 0) is 11.4 Å². The third-order valence-corrected chi connectivity index (χ3v) is 2.58. The number of carboxylic acids is 1. The largest absolute Gasteiger partial charge is 0.478 e. The van der Waals surface area contributed by atoms with E-state index in [0.29, 0.717) is 5.56 Å². The Balaban J connectivity index is 2.86. The van der Waals surface area contributed by atoms with Gasteiger partial charge in [-0.3, -0.25) is 0 Å². The molecule has 1 aromatic rings. The van der Waals surface area contributed by atoms with Crippen LogP contribution in [0.3, 0.4) is 0 Å². The van der Waals surface area contributed by atoms with E-state index in [2.05, 4.69) is 5.16 Å². The summed E-state index contributed by atoms with van der Waals surface area (Å²) >= 11 is 0. The van der Waals surface area contributed by atoms with Crippen LogP contribution < -0.4 is 0 Å². The Bertz CT molecular complexity index is 438. The highest BCUT2D eigenvalue weighted by Crippen LogP contribution is 2.15. The van der Waals surface area contributed by atoms with Crippen molar-refractivity contribution in [2.45, 2.75) is 33.8 Å². The molecular weight excluding hydrogens is 218 g/mol. The molecule has 0 radical (unpaired) electrons. The van der Waals surface area contributed by atoms with E-state index in [9.17, 15) is 4.79 Å². The van der Waals surface area contributed by atoms with E-state index in [-0.39, 0.29) is 12.2 Å². The standard InChI is InChI=1S/C13H17NO3/c1-4-10(3)14-17-8-12-9(2)6-5-7-11(12)13(15)16/h5-7H,4,8H2,1-3H3,(H,15,16). The second-order valence-electron chi connectivity index (χ2n) is 3.86. The van der Waals surface area contributed by atoms with Gasteiger partial charge in [0.1, 0.15) is 6.61 Å². The number of benzene rings is 1. The van der Waals surface area contributed by atoms with Gasteiger partial charge in [-0.2, -0.15) is 0 Å². The molecule has 4 nitrogen and oxygen atoms in total. The minimum Gasteiger partial charge on any atom is -0.478 e. The van der Waals surface area contributed by atoms with Crippen LogP contribution in [0.5, 0.6) is 0 Å². The van der Waals surface area contributed by atoms with Gasteiger partial charge in [-0.1, -0.05) is 24.2 Å². The van der Waals surface area contributed by atoms with Crippen LogP contribution in [-0.4, -0.2) is 16.8 Å². The van der Waals surface area contributed by atoms with Gasteiger partial charge in [-0.15, -0.1) is 0 Å². The van der Waals surface area contributed by atoms with Gasteiger partial charge in [0.2, 0.25) is 0 Å². The summed E-state index contributed by atoms with van der Waals surface area (Å²) < 4.78 is 0. The first-order valence-electron chi connectivity index (χ1n) is 5.53. The summed E-state index contributed by atoms with van der Waals surface area (Å²) in [7, 11) is 0. The van der Waals surface area contributed by atoms with E-state index in [1.54, 1.807) is 12.1 Å². The molecule has 1 N–H and O–H groups in total. The average molecular weight is 235 g/mol. The maximum atomic E-state index is 11.0. The van der Waals surface area contributed by atoms with Crippen LogP contribution in [0.4, 0.5) is 0 Å². The quantitative estimate of drug-likeness (QED) is 0.630. The smallest absolute Gasteiger partial charge is 0.336 e. The highest BCUT2D eigenvalue weighted by atomic mass is 16.6. The lowest BCUT2D eigenvalue weighted by atomic mass is 10.0. The summed E-state index contributed by atoms with van der Waals surface area (Å²) in [6.07, 6.45) is 0.819. The van der Waals surface area contributed by atoms with Crippen molar-refractivity contribution in [2.75, 3.05) is 0 Å². The Morgan fingerprint density at radius 3 is 2.76 bits per heavy atom. The second-order valence-corrected chi connectivity index (χ2v) is 3.86. The first kappa shape index (κ1) is 13.2. The Hall–Kier alpha value is -1.84. The van der Waals surface area contributed by atoms with E-state index in [0.717, 1.165) is 17.7 Å². The number of hydrogen-bond donors (Lipinski definition) is 1. The molecule has 0 aliphatic heterocycles. The van der Waals surface area contributed by atoms with Gasteiger partial charge >= 0.3 is 5.97 Å². The molecular formula is C13H17NO3. The predicted molar refractivity (Wildman–Crippen MR) is 66.3 cm³/mol. The fourth-order valence-electron chi connectivity index (χ4n) is 1.37. The molecule has 0 amide bonds. The number of hydrogen-bond acceptors (Lipinski definition) is 3. The van der Waals surface area contributed by atoms with Crippen molar-refractivity contribution in [3.05, 3.63) is 34.9 Å². The van der Waals surface area contributed by atoms with Crippen LogP contribution in [0.25, 0.3) is 0 Å². The molecule has 17 heavy (non-hydrogen) atoms. The van der Waals surface area contributed by atoms with E-state index in [4.69, 9.17) is 9.94 Å². The summed E-state index contributed by atoms with van der Waals surface area (Å²) in [5, 5.41) is 13.0. The van der Waals surface area contributed by atoms with Crippen molar-refractivity contribution < 1.29 is 14.7 Å². The Labute approximate surface area is 101 Å².